The van der Waals surface area contributed by atoms with E-state index in [2.05, 4.69) is 10.5 Å². The molecular weight excluding hydrogens is 352 g/mol. The molecule has 128 valence electrons. The summed E-state index contributed by atoms with van der Waals surface area (Å²) in [6.07, 6.45) is 0.985. The minimum atomic E-state index is -0.775. The lowest BCUT2D eigenvalue weighted by molar-refractivity contribution is -0.394. The first kappa shape index (κ1) is 18.0. The number of hydrogen-bond acceptors (Lipinski definition) is 6. The van der Waals surface area contributed by atoms with Crippen LogP contribution in [0.3, 0.4) is 0 Å². The summed E-state index contributed by atoms with van der Waals surface area (Å²) in [4.78, 5) is 32.1. The molecule has 0 radical (unpaired) electrons. The predicted octanol–water partition coefficient (Wildman–Crippen LogP) is 2.85. The quantitative estimate of drug-likeness (QED) is 0.480. The van der Waals surface area contributed by atoms with Crippen LogP contribution in [0.15, 0.2) is 47.6 Å². The Morgan fingerprint density at radius 3 is 2.52 bits per heavy atom. The van der Waals surface area contributed by atoms with E-state index in [1.165, 1.54) is 12.3 Å². The van der Waals surface area contributed by atoms with Crippen molar-refractivity contribution in [3.8, 4) is 0 Å². The van der Waals surface area contributed by atoms with Gasteiger partial charge >= 0.3 is 0 Å². The number of carbonyl (C=O) groups is 1. The average Bonchev–Trinajstić information content (AvgIpc) is 2.56. The maximum Gasteiger partial charge on any atom is 0.279 e. The van der Waals surface area contributed by atoms with E-state index in [1.54, 1.807) is 24.3 Å². The number of nitrogens with one attached hydrogen (secondary N) is 1. The van der Waals surface area contributed by atoms with Crippen molar-refractivity contribution in [1.29, 1.82) is 0 Å². The molecule has 9 nitrogen and oxygen atoms in total. The number of hydrazone groups is 1. The Hall–Kier alpha value is -3.33. The van der Waals surface area contributed by atoms with Crippen molar-refractivity contribution in [3.63, 3.8) is 0 Å². The highest BCUT2D eigenvalue weighted by atomic mass is 35.5. The zero-order valence-corrected chi connectivity index (χ0v) is 13.3. The topological polar surface area (TPSA) is 128 Å². The molecule has 0 aromatic heterocycles. The van der Waals surface area contributed by atoms with E-state index in [-0.39, 0.29) is 12.0 Å². The summed E-state index contributed by atoms with van der Waals surface area (Å²) >= 11 is 5.93. The normalized spacial score (nSPS) is 10.6. The van der Waals surface area contributed by atoms with Gasteiger partial charge in [-0.3, -0.25) is 25.0 Å². The van der Waals surface area contributed by atoms with Crippen LogP contribution in [0, 0.1) is 20.2 Å². The Bertz CT molecular complexity index is 869. The monoisotopic (exact) mass is 362 g/mol. The van der Waals surface area contributed by atoms with Gasteiger partial charge < -0.3 is 0 Å². The summed E-state index contributed by atoms with van der Waals surface area (Å²) < 4.78 is 0. The van der Waals surface area contributed by atoms with Crippen LogP contribution in [0.4, 0.5) is 11.4 Å². The number of nitro groups is 2. The van der Waals surface area contributed by atoms with Gasteiger partial charge in [0.25, 0.3) is 11.4 Å². The van der Waals surface area contributed by atoms with E-state index >= 15 is 0 Å². The van der Waals surface area contributed by atoms with Gasteiger partial charge in [0.05, 0.1) is 28.5 Å². The molecule has 2 rings (SSSR count). The van der Waals surface area contributed by atoms with Crippen LogP contribution in [-0.4, -0.2) is 22.0 Å². The second-order valence-electron chi connectivity index (χ2n) is 4.82. The molecule has 0 heterocycles. The van der Waals surface area contributed by atoms with Gasteiger partial charge in [0, 0.05) is 22.2 Å². The van der Waals surface area contributed by atoms with Crippen LogP contribution in [0.5, 0.6) is 0 Å². The van der Waals surface area contributed by atoms with Crippen molar-refractivity contribution in [2.24, 2.45) is 5.10 Å². The van der Waals surface area contributed by atoms with Gasteiger partial charge in [-0.15, -0.1) is 0 Å². The molecule has 0 saturated heterocycles. The summed E-state index contributed by atoms with van der Waals surface area (Å²) in [6.45, 7) is 0. The van der Waals surface area contributed by atoms with Crippen molar-refractivity contribution >= 4 is 35.1 Å². The van der Waals surface area contributed by atoms with Gasteiger partial charge in [-0.1, -0.05) is 29.8 Å². The van der Waals surface area contributed by atoms with Gasteiger partial charge in [-0.2, -0.15) is 5.10 Å². The smallest absolute Gasteiger partial charge is 0.273 e. The number of benzene rings is 2. The van der Waals surface area contributed by atoms with E-state index in [9.17, 15) is 25.0 Å². The fraction of sp³-hybridized carbons (Fsp3) is 0.0667. The van der Waals surface area contributed by atoms with Gasteiger partial charge in [-0.25, -0.2) is 5.43 Å². The number of halogens is 1. The van der Waals surface area contributed by atoms with Gasteiger partial charge in [0.2, 0.25) is 5.91 Å². The molecule has 0 fully saturated rings. The zero-order chi connectivity index (χ0) is 18.4. The van der Waals surface area contributed by atoms with E-state index in [4.69, 9.17) is 11.6 Å². The third-order valence-electron chi connectivity index (χ3n) is 3.13. The molecule has 0 spiro atoms. The van der Waals surface area contributed by atoms with Crippen LogP contribution < -0.4 is 5.43 Å². The van der Waals surface area contributed by atoms with E-state index in [1.807, 2.05) is 0 Å². The maximum absolute atomic E-state index is 11.9. The molecule has 0 aliphatic heterocycles. The van der Waals surface area contributed by atoms with Crippen LogP contribution in [-0.2, 0) is 11.2 Å². The van der Waals surface area contributed by atoms with Crippen molar-refractivity contribution in [2.75, 3.05) is 0 Å². The Labute approximate surface area is 146 Å². The van der Waals surface area contributed by atoms with E-state index < -0.39 is 27.1 Å². The number of hydrogen-bond donors (Lipinski definition) is 1. The summed E-state index contributed by atoms with van der Waals surface area (Å²) in [7, 11) is 0. The van der Waals surface area contributed by atoms with Gasteiger partial charge in [0.15, 0.2) is 0 Å². The minimum absolute atomic E-state index is 0.0426. The first-order chi connectivity index (χ1) is 11.9. The summed E-state index contributed by atoms with van der Waals surface area (Å²) in [5.74, 6) is -0.611. The molecule has 0 saturated carbocycles. The summed E-state index contributed by atoms with van der Waals surface area (Å²) in [6, 6.07) is 9.93. The second kappa shape index (κ2) is 7.97. The lowest BCUT2D eigenvalue weighted by Crippen LogP contribution is -2.20. The van der Waals surface area contributed by atoms with Gasteiger partial charge in [-0.05, 0) is 12.1 Å². The molecular formula is C15H11ClN4O5. The third kappa shape index (κ3) is 4.82. The van der Waals surface area contributed by atoms with E-state index in [0.29, 0.717) is 10.6 Å². The first-order valence-corrected chi connectivity index (χ1v) is 7.24. The fourth-order valence-corrected chi connectivity index (χ4v) is 2.14. The third-order valence-corrected chi connectivity index (χ3v) is 3.47. The molecule has 0 bridgehead atoms. The van der Waals surface area contributed by atoms with Crippen molar-refractivity contribution < 1.29 is 14.6 Å². The lowest BCUT2D eigenvalue weighted by Gasteiger charge is -2.02. The van der Waals surface area contributed by atoms with E-state index in [0.717, 1.165) is 12.1 Å². The zero-order valence-electron chi connectivity index (χ0n) is 12.6. The molecule has 10 heteroatoms. The van der Waals surface area contributed by atoms with Crippen LogP contribution >= 0.6 is 11.6 Å². The standard InChI is InChI=1S/C15H11ClN4O5/c16-13-4-2-1-3-11(13)9-17-18-15(21)7-10-5-6-12(19(22)23)8-14(10)20(24)25/h1-6,8-9H,7H2,(H,18,21)/b17-9+. The number of carbonyl (C=O) groups excluding carboxylic acids is 1. The highest BCUT2D eigenvalue weighted by Crippen LogP contribution is 2.25. The largest absolute Gasteiger partial charge is 0.279 e. The minimum Gasteiger partial charge on any atom is -0.273 e. The Balaban J connectivity index is 2.09. The molecule has 0 aliphatic carbocycles. The Kier molecular flexibility index (Phi) is 5.75. The number of nitrogens with zero attached hydrogens (tertiary/aromatic N) is 3. The Morgan fingerprint density at radius 1 is 1.16 bits per heavy atom. The molecule has 2 aromatic carbocycles. The average molecular weight is 363 g/mol. The van der Waals surface area contributed by atoms with Crippen molar-refractivity contribution in [3.05, 3.63) is 78.8 Å². The first-order valence-electron chi connectivity index (χ1n) is 6.86. The molecule has 0 unspecified atom stereocenters. The molecule has 0 aliphatic rings. The van der Waals surface area contributed by atoms with Crippen LogP contribution in [0.2, 0.25) is 5.02 Å². The number of amides is 1. The van der Waals surface area contributed by atoms with Crippen molar-refractivity contribution in [2.45, 2.75) is 6.42 Å². The molecule has 1 amide bonds. The summed E-state index contributed by atoms with van der Waals surface area (Å²) in [5, 5.41) is 25.9. The highest BCUT2D eigenvalue weighted by molar-refractivity contribution is 6.33. The maximum atomic E-state index is 11.9. The highest BCUT2D eigenvalue weighted by Gasteiger charge is 2.20. The molecule has 1 N–H and O–H groups in total. The Morgan fingerprint density at radius 2 is 1.88 bits per heavy atom. The van der Waals surface area contributed by atoms with Crippen molar-refractivity contribution in [1.82, 2.24) is 5.43 Å². The predicted molar refractivity (Wildman–Crippen MR) is 90.6 cm³/mol. The fourth-order valence-electron chi connectivity index (χ4n) is 1.95. The van der Waals surface area contributed by atoms with Crippen LogP contribution in [0.1, 0.15) is 11.1 Å². The second-order valence-corrected chi connectivity index (χ2v) is 5.23. The summed E-state index contributed by atoms with van der Waals surface area (Å²) in [5.41, 5.74) is 1.93. The molecule has 2 aromatic rings. The SMILES string of the molecule is O=C(Cc1ccc([N+](=O)[O-])cc1[N+](=O)[O-])N/N=C/c1ccccc1Cl. The van der Waals surface area contributed by atoms with Crippen LogP contribution in [0.25, 0.3) is 0 Å². The number of rotatable bonds is 6. The number of nitro benzene ring substituents is 2. The number of non-ortho nitro benzene ring substituents is 1. The molecule has 25 heavy (non-hydrogen) atoms. The molecule has 0 atom stereocenters. The lowest BCUT2D eigenvalue weighted by atomic mass is 10.1. The van der Waals surface area contributed by atoms with Gasteiger partial charge in [0.1, 0.15) is 0 Å².